The van der Waals surface area contributed by atoms with Crippen molar-refractivity contribution in [3.63, 3.8) is 0 Å². The van der Waals surface area contributed by atoms with E-state index < -0.39 is 0 Å². The number of hydrogen-bond donors (Lipinski definition) is 1. The van der Waals surface area contributed by atoms with Gasteiger partial charge < -0.3 is 10.1 Å². The van der Waals surface area contributed by atoms with Crippen molar-refractivity contribution in [3.05, 3.63) is 59.7 Å². The molecule has 1 fully saturated rings. The van der Waals surface area contributed by atoms with Crippen LogP contribution in [0, 0.1) is 0 Å². The molecule has 1 saturated heterocycles. The molecule has 0 bridgehead atoms. The molecule has 5 nitrogen and oxygen atoms in total. The number of carbonyl (C=O) groups excluding carboxylic acids is 2. The summed E-state index contributed by atoms with van der Waals surface area (Å²) < 4.78 is 4.92. The van der Waals surface area contributed by atoms with Gasteiger partial charge in [-0.2, -0.15) is 0 Å². The van der Waals surface area contributed by atoms with Crippen LogP contribution in [0.4, 0.5) is 16.2 Å². The molecule has 2 aromatic rings. The largest absolute Gasteiger partial charge is 0.447 e. The third-order valence-electron chi connectivity index (χ3n) is 4.21. The number of ether oxygens (including phenoxy) is 1. The van der Waals surface area contributed by atoms with Gasteiger partial charge in [-0.3, -0.25) is 9.69 Å². The molecular weight excluding hydrogens is 316 g/mol. The Kier molecular flexibility index (Phi) is 4.49. The summed E-state index contributed by atoms with van der Waals surface area (Å²) in [6, 6.07) is 14.8. The highest BCUT2D eigenvalue weighted by Crippen LogP contribution is 2.23. The molecule has 2 amide bonds. The minimum absolute atomic E-state index is 0.0571. The molecule has 25 heavy (non-hydrogen) atoms. The molecule has 3 rings (SSSR count). The molecule has 1 N–H and O–H groups in total. The van der Waals surface area contributed by atoms with E-state index in [0.717, 1.165) is 5.69 Å². The zero-order valence-electron chi connectivity index (χ0n) is 14.7. The second kappa shape index (κ2) is 6.59. The molecular formula is C20H22N2O3. The minimum Gasteiger partial charge on any atom is -0.447 e. The topological polar surface area (TPSA) is 58.6 Å². The van der Waals surface area contributed by atoms with Gasteiger partial charge in [0, 0.05) is 16.9 Å². The Morgan fingerprint density at radius 1 is 1.04 bits per heavy atom. The smallest absolute Gasteiger partial charge is 0.414 e. The van der Waals surface area contributed by atoms with Gasteiger partial charge >= 0.3 is 6.09 Å². The number of nitrogens with one attached hydrogen (secondary N) is 1. The fraction of sp³-hybridized carbons (Fsp3) is 0.300. The van der Waals surface area contributed by atoms with Crippen LogP contribution in [-0.4, -0.2) is 25.2 Å². The average Bonchev–Trinajstić information content (AvgIpc) is 3.01. The average molecular weight is 338 g/mol. The Bertz CT molecular complexity index is 774. The number of nitrogens with zero attached hydrogens (tertiary/aromatic N) is 1. The molecule has 0 spiro atoms. The van der Waals surface area contributed by atoms with Gasteiger partial charge in [-0.1, -0.05) is 32.9 Å². The van der Waals surface area contributed by atoms with Crippen LogP contribution in [0.5, 0.6) is 0 Å². The minimum atomic E-state index is -0.337. The monoisotopic (exact) mass is 338 g/mol. The van der Waals surface area contributed by atoms with Gasteiger partial charge in [0.15, 0.2) is 0 Å². The van der Waals surface area contributed by atoms with Gasteiger partial charge in [-0.05, 0) is 47.4 Å². The molecule has 0 aromatic heterocycles. The molecule has 1 aliphatic heterocycles. The first-order valence-corrected chi connectivity index (χ1v) is 8.31. The first-order valence-electron chi connectivity index (χ1n) is 8.31. The van der Waals surface area contributed by atoms with Crippen molar-refractivity contribution in [1.29, 1.82) is 0 Å². The van der Waals surface area contributed by atoms with Gasteiger partial charge in [0.05, 0.1) is 6.54 Å². The third-order valence-corrected chi connectivity index (χ3v) is 4.21. The van der Waals surface area contributed by atoms with E-state index >= 15 is 0 Å². The Morgan fingerprint density at radius 2 is 1.68 bits per heavy atom. The summed E-state index contributed by atoms with van der Waals surface area (Å²) >= 11 is 0. The number of amides is 2. The van der Waals surface area contributed by atoms with Crippen LogP contribution in [-0.2, 0) is 10.2 Å². The van der Waals surface area contributed by atoms with Crippen molar-refractivity contribution in [3.8, 4) is 0 Å². The number of cyclic esters (lactones) is 1. The fourth-order valence-corrected chi connectivity index (χ4v) is 2.68. The van der Waals surface area contributed by atoms with Crippen molar-refractivity contribution in [2.24, 2.45) is 0 Å². The van der Waals surface area contributed by atoms with Crippen LogP contribution in [0.3, 0.4) is 0 Å². The highest BCUT2D eigenvalue weighted by atomic mass is 16.6. The number of carbonyl (C=O) groups is 2. The van der Waals surface area contributed by atoms with Crippen molar-refractivity contribution in [2.75, 3.05) is 23.4 Å². The molecule has 130 valence electrons. The Balaban J connectivity index is 1.67. The van der Waals surface area contributed by atoms with E-state index in [9.17, 15) is 9.59 Å². The maximum Gasteiger partial charge on any atom is 0.414 e. The lowest BCUT2D eigenvalue weighted by atomic mass is 9.87. The molecule has 0 saturated carbocycles. The molecule has 0 atom stereocenters. The van der Waals surface area contributed by atoms with Crippen molar-refractivity contribution in [2.45, 2.75) is 26.2 Å². The van der Waals surface area contributed by atoms with Crippen LogP contribution in [0.2, 0.25) is 0 Å². The van der Waals surface area contributed by atoms with Crippen LogP contribution in [0.25, 0.3) is 0 Å². The van der Waals surface area contributed by atoms with E-state index in [2.05, 4.69) is 26.1 Å². The zero-order chi connectivity index (χ0) is 18.0. The maximum atomic E-state index is 12.4. The molecule has 2 aromatic carbocycles. The fourth-order valence-electron chi connectivity index (χ4n) is 2.68. The van der Waals surface area contributed by atoms with E-state index in [-0.39, 0.29) is 17.4 Å². The van der Waals surface area contributed by atoms with E-state index in [1.54, 1.807) is 29.2 Å². The first-order chi connectivity index (χ1) is 11.8. The van der Waals surface area contributed by atoms with Crippen molar-refractivity contribution < 1.29 is 14.3 Å². The second-order valence-electron chi connectivity index (χ2n) is 7.09. The summed E-state index contributed by atoms with van der Waals surface area (Å²) in [5.41, 5.74) is 3.30. The van der Waals surface area contributed by atoms with Crippen LogP contribution >= 0.6 is 0 Å². The highest BCUT2D eigenvalue weighted by molar-refractivity contribution is 6.04. The van der Waals surface area contributed by atoms with E-state index in [1.165, 1.54) is 5.56 Å². The SMILES string of the molecule is CC(C)(C)c1ccc(C(=O)Nc2ccc(N3CCOC3=O)cc2)cc1. The Hall–Kier alpha value is -2.82. The Morgan fingerprint density at radius 3 is 2.20 bits per heavy atom. The Labute approximate surface area is 147 Å². The highest BCUT2D eigenvalue weighted by Gasteiger charge is 2.23. The summed E-state index contributed by atoms with van der Waals surface area (Å²) in [5, 5.41) is 2.87. The molecule has 1 aliphatic rings. The number of rotatable bonds is 3. The van der Waals surface area contributed by atoms with Gasteiger partial charge in [-0.25, -0.2) is 4.79 Å². The standard InChI is InChI=1S/C20H22N2O3/c1-20(2,3)15-6-4-14(5-7-15)18(23)21-16-8-10-17(11-9-16)22-12-13-25-19(22)24/h4-11H,12-13H2,1-3H3,(H,21,23). The normalized spacial score (nSPS) is 14.4. The van der Waals surface area contributed by atoms with Crippen LogP contribution < -0.4 is 10.2 Å². The van der Waals surface area contributed by atoms with Gasteiger partial charge in [0.25, 0.3) is 5.91 Å². The molecule has 1 heterocycles. The third kappa shape index (κ3) is 3.82. The predicted molar refractivity (Wildman–Crippen MR) is 98.2 cm³/mol. The summed E-state index contributed by atoms with van der Waals surface area (Å²) in [6.45, 7) is 7.37. The van der Waals surface area contributed by atoms with Crippen molar-refractivity contribution in [1.82, 2.24) is 0 Å². The quantitative estimate of drug-likeness (QED) is 0.913. The summed E-state index contributed by atoms with van der Waals surface area (Å²) in [7, 11) is 0. The lowest BCUT2D eigenvalue weighted by molar-refractivity contribution is 0.102. The second-order valence-corrected chi connectivity index (χ2v) is 7.09. The summed E-state index contributed by atoms with van der Waals surface area (Å²) in [5.74, 6) is -0.159. The summed E-state index contributed by atoms with van der Waals surface area (Å²) in [4.78, 5) is 25.5. The lowest BCUT2D eigenvalue weighted by Gasteiger charge is -2.19. The van der Waals surface area contributed by atoms with E-state index in [4.69, 9.17) is 4.74 Å². The number of anilines is 2. The molecule has 0 unspecified atom stereocenters. The lowest BCUT2D eigenvalue weighted by Crippen LogP contribution is -2.23. The predicted octanol–water partition coefficient (Wildman–Crippen LogP) is 4.19. The molecule has 5 heteroatoms. The van der Waals surface area contributed by atoms with Crippen LogP contribution in [0.1, 0.15) is 36.7 Å². The zero-order valence-corrected chi connectivity index (χ0v) is 14.7. The maximum absolute atomic E-state index is 12.4. The summed E-state index contributed by atoms with van der Waals surface area (Å²) in [6.07, 6.45) is -0.337. The molecule has 0 aliphatic carbocycles. The van der Waals surface area contributed by atoms with Gasteiger partial charge in [0.1, 0.15) is 6.61 Å². The van der Waals surface area contributed by atoms with E-state index in [0.29, 0.717) is 24.4 Å². The first kappa shape index (κ1) is 17.0. The van der Waals surface area contributed by atoms with Crippen molar-refractivity contribution >= 4 is 23.4 Å². The van der Waals surface area contributed by atoms with Gasteiger partial charge in [0.2, 0.25) is 0 Å². The molecule has 0 radical (unpaired) electrons. The van der Waals surface area contributed by atoms with E-state index in [1.807, 2.05) is 24.3 Å². The number of hydrogen-bond acceptors (Lipinski definition) is 3. The number of benzene rings is 2. The van der Waals surface area contributed by atoms with Crippen LogP contribution in [0.15, 0.2) is 48.5 Å². The van der Waals surface area contributed by atoms with Gasteiger partial charge in [-0.15, -0.1) is 0 Å².